The Balaban J connectivity index is 1.53. The van der Waals surface area contributed by atoms with Gasteiger partial charge in [-0.1, -0.05) is 27.7 Å². The number of carbonyl (C=O) groups is 6. The number of epoxide rings is 1. The van der Waals surface area contributed by atoms with Crippen molar-refractivity contribution in [2.75, 3.05) is 0 Å². The fourth-order valence-corrected chi connectivity index (χ4v) is 12.7. The van der Waals surface area contributed by atoms with Crippen LogP contribution in [0, 0.1) is 57.7 Å². The Bertz CT molecular complexity index is 1560. The molecule has 2 saturated heterocycles. The van der Waals surface area contributed by atoms with Gasteiger partial charge in [-0.2, -0.15) is 0 Å². The smallest absolute Gasteiger partial charge is 0.338 e. The summed E-state index contributed by atoms with van der Waals surface area (Å²) in [5, 5.41) is 24.2. The standard InChI is InChI=1S/C36H48O14/c1-12-10-19-35(8,36(9,44)32(43)50-19)24-21(12)34(7)22(28(24)45-13(2)37)20-23(29(46-14(3)38)31(34)48-16(5)40)33(6)17(25(41)26(20)42)11-18-27(49-18)30(33)47-15(4)39/h12,17-24,26-31,42,44H,10-11H2,1-9H3/t12-,17-,18+,19+,20+,21+,22-,23?,24+,26-,27+,28-,29+,30+,31+,33+,34-,35+,36-/m1/s1. The van der Waals surface area contributed by atoms with Gasteiger partial charge in [-0.3, -0.25) is 24.0 Å². The summed E-state index contributed by atoms with van der Waals surface area (Å²) in [6.45, 7) is 13.6. The van der Waals surface area contributed by atoms with E-state index in [2.05, 4.69) is 0 Å². The van der Waals surface area contributed by atoms with Crippen LogP contribution in [-0.4, -0.2) is 100 Å². The van der Waals surface area contributed by atoms with Crippen LogP contribution in [-0.2, 0) is 57.2 Å². The SMILES string of the molecule is CC(=O)O[C@@H]1[C@H]2[C@H]3C([C@H](OC(C)=O)[C@H](OC(C)=O)[C@]2(C)[C@@H]2[C@@H]1[C@]1(C)[C@H](C[C@H]2C)OC(=O)[C@@]1(C)O)[C@]1(C)[C@H](C[C@@H]2O[C@@H]2[C@@H]1OC(C)=O)C(=O)[C@@H]3O. The Kier molecular flexibility index (Phi) is 7.74. The van der Waals surface area contributed by atoms with Crippen LogP contribution in [0.5, 0.6) is 0 Å². The molecule has 14 nitrogen and oxygen atoms in total. The number of fused-ring (bicyclic) bond motifs is 10. The maximum atomic E-state index is 14.5. The average molecular weight is 705 g/mol. The molecule has 2 heterocycles. The monoisotopic (exact) mass is 704 g/mol. The van der Waals surface area contributed by atoms with Crippen molar-refractivity contribution in [3.63, 3.8) is 0 Å². The fraction of sp³-hybridized carbons (Fsp3) is 0.833. The van der Waals surface area contributed by atoms with Crippen molar-refractivity contribution < 1.29 is 67.4 Å². The van der Waals surface area contributed by atoms with Crippen molar-refractivity contribution in [1.82, 2.24) is 0 Å². The summed E-state index contributed by atoms with van der Waals surface area (Å²) < 4.78 is 36.4. The topological polar surface area (TPSA) is 202 Å². The van der Waals surface area contributed by atoms with Crippen LogP contribution >= 0.6 is 0 Å². The van der Waals surface area contributed by atoms with E-state index in [1.807, 2.05) is 13.8 Å². The minimum absolute atomic E-state index is 0.225. The lowest BCUT2D eigenvalue weighted by atomic mass is 9.41. The highest BCUT2D eigenvalue weighted by Gasteiger charge is 2.84. The second-order valence-electron chi connectivity index (χ2n) is 16.9. The Morgan fingerprint density at radius 1 is 0.740 bits per heavy atom. The Labute approximate surface area is 290 Å². The molecule has 0 aromatic rings. The van der Waals surface area contributed by atoms with Gasteiger partial charge < -0.3 is 38.6 Å². The molecule has 19 atom stereocenters. The number of hydrogen-bond donors (Lipinski definition) is 2. The zero-order valence-corrected chi connectivity index (χ0v) is 29.9. The molecule has 5 saturated carbocycles. The zero-order valence-electron chi connectivity index (χ0n) is 29.9. The molecule has 1 unspecified atom stereocenters. The molecule has 0 spiro atoms. The quantitative estimate of drug-likeness (QED) is 0.241. The highest BCUT2D eigenvalue weighted by Crippen LogP contribution is 2.76. The van der Waals surface area contributed by atoms with E-state index in [4.69, 9.17) is 28.4 Å². The Hall–Kier alpha value is -3.10. The molecule has 7 rings (SSSR count). The van der Waals surface area contributed by atoms with Gasteiger partial charge in [-0.05, 0) is 31.6 Å². The van der Waals surface area contributed by atoms with E-state index in [1.165, 1.54) is 34.6 Å². The number of aliphatic hydroxyl groups excluding tert-OH is 1. The highest BCUT2D eigenvalue weighted by molar-refractivity contribution is 5.88. The van der Waals surface area contributed by atoms with Gasteiger partial charge in [0.15, 0.2) is 11.4 Å². The summed E-state index contributed by atoms with van der Waals surface area (Å²) in [5.74, 6) is -9.62. The second-order valence-corrected chi connectivity index (χ2v) is 16.9. The van der Waals surface area contributed by atoms with Crippen LogP contribution in [0.3, 0.4) is 0 Å². The van der Waals surface area contributed by atoms with E-state index < -0.39 is 142 Å². The first-order valence-electron chi connectivity index (χ1n) is 17.6. The molecule has 50 heavy (non-hydrogen) atoms. The molecule has 0 aromatic carbocycles. The normalized spacial score (nSPS) is 53.9. The molecule has 2 aliphatic heterocycles. The largest absolute Gasteiger partial charge is 0.462 e. The third-order valence-corrected chi connectivity index (χ3v) is 14.5. The maximum Gasteiger partial charge on any atom is 0.338 e. The molecule has 0 radical (unpaired) electrons. The summed E-state index contributed by atoms with van der Waals surface area (Å²) in [6.07, 6.45) is -7.46. The van der Waals surface area contributed by atoms with E-state index in [0.29, 0.717) is 6.42 Å². The average Bonchev–Trinajstić information content (AvgIpc) is 3.68. The summed E-state index contributed by atoms with van der Waals surface area (Å²) in [5.41, 5.74) is -5.96. The molecule has 7 fully saturated rings. The number of ketones is 1. The first-order chi connectivity index (χ1) is 23.1. The van der Waals surface area contributed by atoms with Gasteiger partial charge in [0.05, 0.1) is 11.5 Å². The molecular formula is C36H48O14. The molecular weight excluding hydrogens is 656 g/mol. The highest BCUT2D eigenvalue weighted by atomic mass is 16.6. The van der Waals surface area contributed by atoms with E-state index >= 15 is 0 Å². The third kappa shape index (κ3) is 4.30. The number of ether oxygens (including phenoxy) is 6. The van der Waals surface area contributed by atoms with Crippen molar-refractivity contribution >= 4 is 35.6 Å². The van der Waals surface area contributed by atoms with Crippen LogP contribution in [0.2, 0.25) is 0 Å². The van der Waals surface area contributed by atoms with Crippen molar-refractivity contribution in [3.8, 4) is 0 Å². The molecule has 0 aromatic heterocycles. The number of rotatable bonds is 4. The van der Waals surface area contributed by atoms with Gasteiger partial charge in [0.2, 0.25) is 0 Å². The second kappa shape index (κ2) is 11.0. The summed E-state index contributed by atoms with van der Waals surface area (Å²) >= 11 is 0. The molecule has 5 aliphatic carbocycles. The van der Waals surface area contributed by atoms with Crippen LogP contribution in [0.4, 0.5) is 0 Å². The molecule has 14 heteroatoms. The fourth-order valence-electron chi connectivity index (χ4n) is 12.7. The van der Waals surface area contributed by atoms with E-state index in [0.717, 1.165) is 0 Å². The molecule has 0 amide bonds. The minimum atomic E-state index is -2.03. The van der Waals surface area contributed by atoms with Crippen molar-refractivity contribution in [2.45, 2.75) is 130 Å². The molecule has 7 aliphatic rings. The van der Waals surface area contributed by atoms with Gasteiger partial charge in [-0.15, -0.1) is 0 Å². The van der Waals surface area contributed by atoms with Crippen LogP contribution in [0.15, 0.2) is 0 Å². The van der Waals surface area contributed by atoms with Crippen molar-refractivity contribution in [1.29, 1.82) is 0 Å². The van der Waals surface area contributed by atoms with E-state index in [9.17, 15) is 39.0 Å². The number of Topliss-reactive ketones (excluding diaryl/α,β-unsaturated/α-hetero) is 1. The zero-order chi connectivity index (χ0) is 36.8. The van der Waals surface area contributed by atoms with Gasteiger partial charge in [-0.25, -0.2) is 4.79 Å². The van der Waals surface area contributed by atoms with Crippen LogP contribution < -0.4 is 0 Å². The minimum Gasteiger partial charge on any atom is -0.462 e. The van der Waals surface area contributed by atoms with Gasteiger partial charge in [0.1, 0.15) is 42.7 Å². The number of esters is 5. The maximum absolute atomic E-state index is 14.5. The van der Waals surface area contributed by atoms with Crippen LogP contribution in [0.1, 0.15) is 75.2 Å². The molecule has 2 N–H and O–H groups in total. The summed E-state index contributed by atoms with van der Waals surface area (Å²) in [7, 11) is 0. The summed E-state index contributed by atoms with van der Waals surface area (Å²) in [6, 6.07) is 0. The number of aliphatic hydroxyl groups is 2. The molecule has 276 valence electrons. The van der Waals surface area contributed by atoms with Gasteiger partial charge >= 0.3 is 29.8 Å². The predicted octanol–water partition coefficient (Wildman–Crippen LogP) is 1.29. The first kappa shape index (κ1) is 35.3. The Morgan fingerprint density at radius 3 is 1.86 bits per heavy atom. The lowest BCUT2D eigenvalue weighted by molar-refractivity contribution is -0.273. The van der Waals surface area contributed by atoms with E-state index in [-0.39, 0.29) is 12.3 Å². The Morgan fingerprint density at radius 2 is 1.28 bits per heavy atom. The lowest BCUT2D eigenvalue weighted by Crippen LogP contribution is -2.74. The number of carbonyl (C=O) groups excluding carboxylic acids is 6. The van der Waals surface area contributed by atoms with E-state index in [1.54, 1.807) is 13.8 Å². The molecule has 0 bridgehead atoms. The van der Waals surface area contributed by atoms with Crippen LogP contribution in [0.25, 0.3) is 0 Å². The first-order valence-corrected chi connectivity index (χ1v) is 17.6. The number of hydrogen-bond acceptors (Lipinski definition) is 14. The predicted molar refractivity (Wildman–Crippen MR) is 166 cm³/mol. The third-order valence-electron chi connectivity index (χ3n) is 14.5. The van der Waals surface area contributed by atoms with Gasteiger partial charge in [0.25, 0.3) is 0 Å². The lowest BCUT2D eigenvalue weighted by Gasteiger charge is -2.65. The summed E-state index contributed by atoms with van der Waals surface area (Å²) in [4.78, 5) is 79.8. The van der Waals surface area contributed by atoms with Crippen molar-refractivity contribution in [2.24, 2.45) is 57.7 Å². The van der Waals surface area contributed by atoms with Gasteiger partial charge in [0, 0.05) is 68.1 Å². The van der Waals surface area contributed by atoms with Crippen molar-refractivity contribution in [3.05, 3.63) is 0 Å².